The highest BCUT2D eigenvalue weighted by Crippen LogP contribution is 2.32. The molecule has 2 aromatic rings. The number of rotatable bonds is 4. The first-order valence-corrected chi connectivity index (χ1v) is 8.90. The van der Waals surface area contributed by atoms with Crippen LogP contribution in [0.5, 0.6) is 0 Å². The van der Waals surface area contributed by atoms with Gasteiger partial charge in [-0.2, -0.15) is 11.8 Å². The number of furan rings is 1. The largest absolute Gasteiger partial charge is 0.455 e. The Morgan fingerprint density at radius 2 is 2.32 bits per heavy atom. The summed E-state index contributed by atoms with van der Waals surface area (Å²) in [6.45, 7) is 2.60. The van der Waals surface area contributed by atoms with Gasteiger partial charge in [-0.3, -0.25) is 4.79 Å². The molecule has 1 unspecified atom stereocenters. The average molecular weight is 320 g/mol. The number of likely N-dealkylation sites (tertiary alicyclic amines) is 1. The summed E-state index contributed by atoms with van der Waals surface area (Å²) in [5, 5.41) is 4.10. The molecule has 0 aliphatic carbocycles. The molecule has 0 N–H and O–H groups in total. The predicted molar refractivity (Wildman–Crippen MR) is 84.8 cm³/mol. The normalized spacial score (nSPS) is 18.6. The highest BCUT2D eigenvalue weighted by Gasteiger charge is 2.32. The Morgan fingerprint density at radius 3 is 3.05 bits per heavy atom. The lowest BCUT2D eigenvalue weighted by atomic mass is 9.99. The monoisotopic (exact) mass is 320 g/mol. The topological polar surface area (TPSA) is 59.5 Å². The lowest BCUT2D eigenvalue weighted by molar-refractivity contribution is 0.0568. The molecule has 1 atom stereocenters. The lowest BCUT2D eigenvalue weighted by Crippen LogP contribution is -2.38. The minimum absolute atomic E-state index is 0.0206. The van der Waals surface area contributed by atoms with Gasteiger partial charge in [0.2, 0.25) is 0 Å². The Morgan fingerprint density at radius 1 is 1.45 bits per heavy atom. The molecular formula is C16H20N2O3S. The van der Waals surface area contributed by atoms with E-state index in [1.807, 2.05) is 30.2 Å². The van der Waals surface area contributed by atoms with Gasteiger partial charge in [0.1, 0.15) is 17.2 Å². The second-order valence-corrected chi connectivity index (χ2v) is 6.44. The summed E-state index contributed by atoms with van der Waals surface area (Å²) in [5.41, 5.74) is 0.835. The second-order valence-electron chi connectivity index (χ2n) is 5.57. The molecule has 0 radical (unpaired) electrons. The molecular weight excluding hydrogens is 300 g/mol. The number of aromatic nitrogens is 1. The van der Waals surface area contributed by atoms with Gasteiger partial charge in [0.05, 0.1) is 11.8 Å². The summed E-state index contributed by atoms with van der Waals surface area (Å²) in [5.74, 6) is 2.74. The molecule has 0 aromatic carbocycles. The van der Waals surface area contributed by atoms with E-state index in [-0.39, 0.29) is 11.9 Å². The summed E-state index contributed by atoms with van der Waals surface area (Å²) in [6.07, 6.45) is 5.03. The van der Waals surface area contributed by atoms with Gasteiger partial charge < -0.3 is 13.8 Å². The van der Waals surface area contributed by atoms with E-state index in [1.54, 1.807) is 17.8 Å². The van der Waals surface area contributed by atoms with Crippen LogP contribution in [0.25, 0.3) is 0 Å². The maximum atomic E-state index is 12.8. The van der Waals surface area contributed by atoms with Crippen molar-refractivity contribution in [2.24, 2.45) is 0 Å². The van der Waals surface area contributed by atoms with Crippen LogP contribution in [0.3, 0.4) is 0 Å². The Balaban J connectivity index is 1.81. The number of hydrogen-bond donors (Lipinski definition) is 0. The van der Waals surface area contributed by atoms with E-state index in [2.05, 4.69) is 5.16 Å². The van der Waals surface area contributed by atoms with Gasteiger partial charge in [-0.1, -0.05) is 5.16 Å². The maximum Gasteiger partial charge on any atom is 0.290 e. The van der Waals surface area contributed by atoms with Crippen LogP contribution in [0, 0.1) is 6.92 Å². The van der Waals surface area contributed by atoms with Gasteiger partial charge in [0.25, 0.3) is 5.91 Å². The van der Waals surface area contributed by atoms with Gasteiger partial charge in [-0.15, -0.1) is 0 Å². The van der Waals surface area contributed by atoms with Crippen LogP contribution in [0.15, 0.2) is 27.1 Å². The van der Waals surface area contributed by atoms with E-state index >= 15 is 0 Å². The number of thioether (sulfide) groups is 1. The fourth-order valence-corrected chi connectivity index (χ4v) is 3.32. The SMILES string of the molecule is CSCc1ccc(C(=O)N2CCCCC2c2cc(C)on2)o1. The van der Waals surface area contributed by atoms with Crippen molar-refractivity contribution in [3.8, 4) is 0 Å². The zero-order valence-corrected chi connectivity index (χ0v) is 13.7. The first-order chi connectivity index (χ1) is 10.7. The van der Waals surface area contributed by atoms with Crippen LogP contribution in [0.4, 0.5) is 0 Å². The quantitative estimate of drug-likeness (QED) is 0.857. The third kappa shape index (κ3) is 3.06. The van der Waals surface area contributed by atoms with Crippen molar-refractivity contribution in [2.75, 3.05) is 12.8 Å². The first-order valence-electron chi connectivity index (χ1n) is 7.51. The number of carbonyl (C=O) groups excluding carboxylic acids is 1. The van der Waals surface area contributed by atoms with Crippen molar-refractivity contribution in [3.05, 3.63) is 41.2 Å². The van der Waals surface area contributed by atoms with Crippen molar-refractivity contribution in [2.45, 2.75) is 38.0 Å². The van der Waals surface area contributed by atoms with E-state index in [9.17, 15) is 4.79 Å². The zero-order valence-electron chi connectivity index (χ0n) is 12.9. The van der Waals surface area contributed by atoms with Crippen molar-refractivity contribution >= 4 is 17.7 Å². The molecule has 1 saturated heterocycles. The summed E-state index contributed by atoms with van der Waals surface area (Å²) in [6, 6.07) is 5.54. The van der Waals surface area contributed by atoms with E-state index in [0.717, 1.165) is 48.8 Å². The summed E-state index contributed by atoms with van der Waals surface area (Å²) < 4.78 is 10.8. The molecule has 0 bridgehead atoms. The number of piperidine rings is 1. The molecule has 3 rings (SSSR count). The summed E-state index contributed by atoms with van der Waals surface area (Å²) in [7, 11) is 0. The zero-order chi connectivity index (χ0) is 15.5. The number of carbonyl (C=O) groups is 1. The molecule has 3 heterocycles. The number of nitrogens with zero attached hydrogens (tertiary/aromatic N) is 2. The smallest absolute Gasteiger partial charge is 0.290 e. The van der Waals surface area contributed by atoms with Crippen molar-refractivity contribution in [1.29, 1.82) is 0 Å². The summed E-state index contributed by atoms with van der Waals surface area (Å²) >= 11 is 1.67. The minimum Gasteiger partial charge on any atom is -0.455 e. The number of hydrogen-bond acceptors (Lipinski definition) is 5. The van der Waals surface area contributed by atoms with E-state index in [4.69, 9.17) is 8.94 Å². The Labute approximate surface area is 134 Å². The van der Waals surface area contributed by atoms with Crippen LogP contribution in [0.1, 0.15) is 53.1 Å². The molecule has 1 aliphatic rings. The Bertz CT molecular complexity index is 649. The summed E-state index contributed by atoms with van der Waals surface area (Å²) in [4.78, 5) is 14.6. The molecule has 1 amide bonds. The van der Waals surface area contributed by atoms with Crippen molar-refractivity contribution < 1.29 is 13.7 Å². The molecule has 22 heavy (non-hydrogen) atoms. The molecule has 1 aliphatic heterocycles. The third-order valence-corrected chi connectivity index (χ3v) is 4.48. The van der Waals surface area contributed by atoms with E-state index in [0.29, 0.717) is 5.76 Å². The van der Waals surface area contributed by atoms with Gasteiger partial charge in [-0.25, -0.2) is 0 Å². The predicted octanol–water partition coefficient (Wildman–Crippen LogP) is 3.81. The van der Waals surface area contributed by atoms with Crippen molar-refractivity contribution in [1.82, 2.24) is 10.1 Å². The molecule has 118 valence electrons. The fraction of sp³-hybridized carbons (Fsp3) is 0.500. The van der Waals surface area contributed by atoms with Gasteiger partial charge in [0.15, 0.2) is 5.76 Å². The van der Waals surface area contributed by atoms with Gasteiger partial charge in [0, 0.05) is 12.6 Å². The van der Waals surface area contributed by atoms with E-state index < -0.39 is 0 Å². The van der Waals surface area contributed by atoms with E-state index in [1.165, 1.54) is 0 Å². The highest BCUT2D eigenvalue weighted by molar-refractivity contribution is 7.97. The molecule has 0 saturated carbocycles. The molecule has 1 fully saturated rings. The van der Waals surface area contributed by atoms with Crippen LogP contribution < -0.4 is 0 Å². The van der Waals surface area contributed by atoms with Gasteiger partial charge >= 0.3 is 0 Å². The highest BCUT2D eigenvalue weighted by atomic mass is 32.2. The van der Waals surface area contributed by atoms with Crippen LogP contribution in [-0.4, -0.2) is 28.8 Å². The molecule has 2 aromatic heterocycles. The number of aryl methyl sites for hydroxylation is 1. The maximum absolute atomic E-state index is 12.8. The average Bonchev–Trinajstić information content (AvgIpc) is 3.16. The third-order valence-electron chi connectivity index (χ3n) is 3.91. The minimum atomic E-state index is -0.0577. The van der Waals surface area contributed by atoms with Crippen LogP contribution >= 0.6 is 11.8 Å². The second kappa shape index (κ2) is 6.60. The van der Waals surface area contributed by atoms with Crippen LogP contribution in [-0.2, 0) is 5.75 Å². The van der Waals surface area contributed by atoms with Crippen LogP contribution in [0.2, 0.25) is 0 Å². The first kappa shape index (κ1) is 15.2. The Kier molecular flexibility index (Phi) is 4.57. The molecule has 5 nitrogen and oxygen atoms in total. The molecule has 6 heteroatoms. The van der Waals surface area contributed by atoms with Crippen molar-refractivity contribution in [3.63, 3.8) is 0 Å². The lowest BCUT2D eigenvalue weighted by Gasteiger charge is -2.33. The van der Waals surface area contributed by atoms with Gasteiger partial charge in [-0.05, 0) is 44.6 Å². The standard InChI is InChI=1S/C16H20N2O3S/c1-11-9-13(17-21-11)14-5-3-4-8-18(14)16(19)15-7-6-12(20-15)10-22-2/h6-7,9,14H,3-5,8,10H2,1-2H3. The number of amides is 1. The Hall–Kier alpha value is -1.69. The molecule has 0 spiro atoms. The fourth-order valence-electron chi connectivity index (χ4n) is 2.88.